The van der Waals surface area contributed by atoms with Crippen molar-refractivity contribution in [2.75, 3.05) is 0 Å². The molecule has 7 heteroatoms. The van der Waals surface area contributed by atoms with E-state index in [1.54, 1.807) is 6.92 Å². The van der Waals surface area contributed by atoms with E-state index in [1.165, 1.54) is 0 Å². The quantitative estimate of drug-likeness (QED) is 0.546. The summed E-state index contributed by atoms with van der Waals surface area (Å²) in [7, 11) is 0. The summed E-state index contributed by atoms with van der Waals surface area (Å²) in [6.45, 7) is 1.75. The minimum Gasteiger partial charge on any atom is -0.426 e. The third kappa shape index (κ3) is 2.23. The van der Waals surface area contributed by atoms with Gasteiger partial charge in [-0.3, -0.25) is 14.4 Å². The van der Waals surface area contributed by atoms with Crippen molar-refractivity contribution in [2.45, 2.75) is 44.3 Å². The summed E-state index contributed by atoms with van der Waals surface area (Å²) in [6, 6.07) is 0. The number of imide groups is 1. The first-order chi connectivity index (χ1) is 7.91. The summed E-state index contributed by atoms with van der Waals surface area (Å²) < 4.78 is 4.98. The number of hydroxylamine groups is 2. The Bertz CT molecular complexity index is 375. The van der Waals surface area contributed by atoms with E-state index in [9.17, 15) is 14.4 Å². The number of ether oxygens (including phenoxy) is 1. The lowest BCUT2D eigenvalue weighted by Crippen LogP contribution is -2.42. The largest absolute Gasteiger partial charge is 0.534 e. The predicted octanol–water partition coefficient (Wildman–Crippen LogP) is 0.117. The average molecular weight is 243 g/mol. The fourth-order valence-electron chi connectivity index (χ4n) is 1.76. The van der Waals surface area contributed by atoms with Gasteiger partial charge in [0.15, 0.2) is 0 Å². The molecule has 1 atom stereocenters. The molecule has 94 valence electrons. The maximum absolute atomic E-state index is 11.3. The van der Waals surface area contributed by atoms with Gasteiger partial charge in [-0.1, -0.05) is 5.06 Å². The maximum Gasteiger partial charge on any atom is 0.534 e. The number of nitrogens with zero attached hydrogens (tertiary/aromatic N) is 1. The first kappa shape index (κ1) is 11.8. The zero-order valence-electron chi connectivity index (χ0n) is 9.34. The number of hydrogen-bond acceptors (Lipinski definition) is 6. The molecule has 2 rings (SSSR count). The molecule has 0 aromatic heterocycles. The zero-order chi connectivity index (χ0) is 12.6. The minimum absolute atomic E-state index is 0.259. The molecule has 2 fully saturated rings. The SMILES string of the molecule is CC1(OC(=O)ON2C(=O)CC(O)C2=O)CCC1. The summed E-state index contributed by atoms with van der Waals surface area (Å²) in [5.74, 6) is -1.69. The summed E-state index contributed by atoms with van der Waals surface area (Å²) in [5.41, 5.74) is -0.568. The molecule has 1 aliphatic carbocycles. The Morgan fingerprint density at radius 1 is 1.47 bits per heavy atom. The molecule has 17 heavy (non-hydrogen) atoms. The highest BCUT2D eigenvalue weighted by Gasteiger charge is 2.43. The highest BCUT2D eigenvalue weighted by molar-refractivity contribution is 6.04. The second kappa shape index (κ2) is 3.99. The molecule has 0 spiro atoms. The van der Waals surface area contributed by atoms with Gasteiger partial charge >= 0.3 is 6.16 Å². The van der Waals surface area contributed by atoms with E-state index < -0.39 is 29.7 Å². The predicted molar refractivity (Wildman–Crippen MR) is 52.3 cm³/mol. The van der Waals surface area contributed by atoms with Crippen LogP contribution in [0, 0.1) is 0 Å². The molecule has 1 heterocycles. The fourth-order valence-corrected chi connectivity index (χ4v) is 1.76. The van der Waals surface area contributed by atoms with Crippen molar-refractivity contribution in [3.05, 3.63) is 0 Å². The molecular weight excluding hydrogens is 230 g/mol. The number of aliphatic hydroxyl groups is 1. The molecule has 1 unspecified atom stereocenters. The first-order valence-corrected chi connectivity index (χ1v) is 5.37. The van der Waals surface area contributed by atoms with Crippen molar-refractivity contribution in [1.29, 1.82) is 0 Å². The zero-order valence-corrected chi connectivity index (χ0v) is 9.34. The van der Waals surface area contributed by atoms with Crippen LogP contribution in [-0.2, 0) is 19.2 Å². The summed E-state index contributed by atoms with van der Waals surface area (Å²) in [6.07, 6.45) is -0.482. The van der Waals surface area contributed by atoms with E-state index in [0.717, 1.165) is 19.3 Å². The van der Waals surface area contributed by atoms with Gasteiger partial charge in [0, 0.05) is 0 Å². The van der Waals surface area contributed by atoms with Gasteiger partial charge in [-0.25, -0.2) is 4.79 Å². The van der Waals surface area contributed by atoms with Crippen molar-refractivity contribution >= 4 is 18.0 Å². The van der Waals surface area contributed by atoms with Crippen molar-refractivity contribution in [3.63, 3.8) is 0 Å². The second-order valence-electron chi connectivity index (χ2n) is 4.49. The van der Waals surface area contributed by atoms with Crippen LogP contribution in [0.1, 0.15) is 32.6 Å². The van der Waals surface area contributed by atoms with Crippen LogP contribution in [-0.4, -0.2) is 39.8 Å². The van der Waals surface area contributed by atoms with Crippen LogP contribution in [0.25, 0.3) is 0 Å². The Hall–Kier alpha value is -1.63. The Morgan fingerprint density at radius 3 is 2.53 bits per heavy atom. The molecule has 1 N–H and O–H groups in total. The van der Waals surface area contributed by atoms with Crippen LogP contribution in [0.15, 0.2) is 0 Å². The normalized spacial score (nSPS) is 26.7. The number of carbonyl (C=O) groups excluding carboxylic acids is 3. The van der Waals surface area contributed by atoms with Gasteiger partial charge in [0.05, 0.1) is 6.42 Å². The lowest BCUT2D eigenvalue weighted by molar-refractivity contribution is -0.186. The molecule has 7 nitrogen and oxygen atoms in total. The Morgan fingerprint density at radius 2 is 2.12 bits per heavy atom. The van der Waals surface area contributed by atoms with Gasteiger partial charge in [-0.15, -0.1) is 0 Å². The summed E-state index contributed by atoms with van der Waals surface area (Å²) in [5, 5.41) is 9.36. The van der Waals surface area contributed by atoms with Crippen LogP contribution >= 0.6 is 0 Å². The Kier molecular flexibility index (Phi) is 2.78. The minimum atomic E-state index is -1.44. The van der Waals surface area contributed by atoms with Crippen molar-refractivity contribution in [3.8, 4) is 0 Å². The van der Waals surface area contributed by atoms with E-state index in [4.69, 9.17) is 9.84 Å². The fraction of sp³-hybridized carbons (Fsp3) is 0.700. The lowest BCUT2D eigenvalue weighted by Gasteiger charge is -2.36. The van der Waals surface area contributed by atoms with Gasteiger partial charge in [0.1, 0.15) is 11.7 Å². The Labute approximate surface area is 97.2 Å². The molecule has 0 bridgehead atoms. The number of aliphatic hydroxyl groups excluding tert-OH is 1. The van der Waals surface area contributed by atoms with Gasteiger partial charge in [0.2, 0.25) is 0 Å². The number of amides is 2. The molecular formula is C10H13NO6. The van der Waals surface area contributed by atoms with E-state index in [0.29, 0.717) is 0 Å². The van der Waals surface area contributed by atoms with Crippen molar-refractivity contribution in [2.24, 2.45) is 0 Å². The van der Waals surface area contributed by atoms with Crippen LogP contribution in [0.5, 0.6) is 0 Å². The monoisotopic (exact) mass is 243 g/mol. The lowest BCUT2D eigenvalue weighted by atomic mass is 9.82. The molecule has 2 aliphatic rings. The van der Waals surface area contributed by atoms with Crippen LogP contribution in [0.4, 0.5) is 4.79 Å². The van der Waals surface area contributed by atoms with Gasteiger partial charge < -0.3 is 9.84 Å². The maximum atomic E-state index is 11.3. The highest BCUT2D eigenvalue weighted by Crippen LogP contribution is 2.35. The number of hydrogen-bond donors (Lipinski definition) is 1. The molecule has 0 radical (unpaired) electrons. The highest BCUT2D eigenvalue weighted by atomic mass is 16.8. The first-order valence-electron chi connectivity index (χ1n) is 5.37. The van der Waals surface area contributed by atoms with Crippen molar-refractivity contribution < 1.29 is 29.1 Å². The van der Waals surface area contributed by atoms with E-state index in [-0.39, 0.29) is 11.5 Å². The van der Waals surface area contributed by atoms with Gasteiger partial charge in [-0.2, -0.15) is 0 Å². The molecule has 1 aliphatic heterocycles. The van der Waals surface area contributed by atoms with Crippen LogP contribution in [0.3, 0.4) is 0 Å². The second-order valence-corrected chi connectivity index (χ2v) is 4.49. The smallest absolute Gasteiger partial charge is 0.426 e. The van der Waals surface area contributed by atoms with Crippen LogP contribution < -0.4 is 0 Å². The van der Waals surface area contributed by atoms with Gasteiger partial charge in [-0.05, 0) is 26.2 Å². The number of carbonyl (C=O) groups is 3. The molecule has 1 saturated heterocycles. The third-order valence-electron chi connectivity index (χ3n) is 2.99. The molecule has 0 aromatic rings. The standard InChI is InChI=1S/C10H13NO6/c1-10(3-2-4-10)16-9(15)17-11-7(13)5-6(12)8(11)14/h6,12H,2-5H2,1H3. The summed E-state index contributed by atoms with van der Waals surface area (Å²) in [4.78, 5) is 38.2. The number of rotatable bonds is 2. The van der Waals surface area contributed by atoms with Crippen LogP contribution in [0.2, 0.25) is 0 Å². The average Bonchev–Trinajstić information content (AvgIpc) is 2.43. The van der Waals surface area contributed by atoms with Gasteiger partial charge in [0.25, 0.3) is 11.8 Å². The molecule has 2 amide bonds. The molecule has 0 aromatic carbocycles. The van der Waals surface area contributed by atoms with E-state index in [2.05, 4.69) is 4.84 Å². The summed E-state index contributed by atoms with van der Waals surface area (Å²) >= 11 is 0. The topological polar surface area (TPSA) is 93.1 Å². The molecule has 1 saturated carbocycles. The Balaban J connectivity index is 1.90. The van der Waals surface area contributed by atoms with E-state index >= 15 is 0 Å². The van der Waals surface area contributed by atoms with Crippen molar-refractivity contribution in [1.82, 2.24) is 5.06 Å². The van der Waals surface area contributed by atoms with E-state index in [1.807, 2.05) is 0 Å². The third-order valence-corrected chi connectivity index (χ3v) is 2.99.